The summed E-state index contributed by atoms with van der Waals surface area (Å²) in [6, 6.07) is 3.49. The van der Waals surface area contributed by atoms with E-state index in [-0.39, 0.29) is 0 Å². The van der Waals surface area contributed by atoms with Gasteiger partial charge in [-0.15, -0.1) is 0 Å². The maximum Gasteiger partial charge on any atom is 0.240 e. The van der Waals surface area contributed by atoms with Crippen molar-refractivity contribution in [2.45, 2.75) is 0 Å². The van der Waals surface area contributed by atoms with Crippen molar-refractivity contribution in [2.75, 3.05) is 7.11 Å². The first kappa shape index (κ1) is 10.7. The molecule has 2 rings (SSSR count). The molecule has 0 saturated carbocycles. The van der Waals surface area contributed by atoms with Gasteiger partial charge in [0.05, 0.1) is 17.6 Å². The number of isocyanates is 1. The predicted octanol–water partition coefficient (Wildman–Crippen LogP) is 2.81. The molecule has 82 valence electrons. The molecule has 1 aromatic heterocycles. The van der Waals surface area contributed by atoms with E-state index in [0.29, 0.717) is 21.8 Å². The zero-order valence-corrected chi connectivity index (χ0v) is 9.58. The highest BCUT2D eigenvalue weighted by Gasteiger charge is 2.13. The lowest BCUT2D eigenvalue weighted by Gasteiger charge is -2.05. The minimum Gasteiger partial charge on any atom is -0.495 e. The Bertz CT molecular complexity index is 598. The number of hydrogen-bond acceptors (Lipinski definition) is 3. The Balaban J connectivity index is 2.93. The van der Waals surface area contributed by atoms with Gasteiger partial charge in [0.1, 0.15) is 11.4 Å². The molecule has 0 aliphatic carbocycles. The molecule has 2 aromatic rings. The second-order valence-corrected chi connectivity index (χ2v) is 3.71. The Labute approximate surface area is 97.1 Å². The number of halogens is 1. The summed E-state index contributed by atoms with van der Waals surface area (Å²) in [7, 11) is 3.42. The zero-order valence-electron chi connectivity index (χ0n) is 8.82. The highest BCUT2D eigenvalue weighted by atomic mass is 35.5. The van der Waals surface area contributed by atoms with E-state index in [1.165, 1.54) is 6.08 Å². The summed E-state index contributed by atoms with van der Waals surface area (Å²) in [6.07, 6.45) is 3.23. The summed E-state index contributed by atoms with van der Waals surface area (Å²) in [5.74, 6) is 0.689. The lowest BCUT2D eigenvalue weighted by Crippen LogP contribution is -1.90. The predicted molar refractivity (Wildman–Crippen MR) is 62.3 cm³/mol. The topological polar surface area (TPSA) is 43.6 Å². The average Bonchev–Trinajstić information content (AvgIpc) is 2.59. The van der Waals surface area contributed by atoms with Crippen LogP contribution >= 0.6 is 11.6 Å². The second kappa shape index (κ2) is 4.00. The third kappa shape index (κ3) is 1.48. The van der Waals surface area contributed by atoms with Crippen LogP contribution in [0.2, 0.25) is 5.02 Å². The van der Waals surface area contributed by atoms with Gasteiger partial charge in [-0.2, -0.15) is 4.99 Å². The van der Waals surface area contributed by atoms with Gasteiger partial charge in [-0.25, -0.2) is 4.79 Å². The molecule has 0 fully saturated rings. The molecule has 0 N–H and O–H groups in total. The number of carbonyl (C=O) groups excluding carboxylic acids is 1. The Morgan fingerprint density at radius 1 is 1.50 bits per heavy atom. The van der Waals surface area contributed by atoms with Crippen LogP contribution in [0, 0.1) is 0 Å². The molecule has 0 radical (unpaired) electrons. The van der Waals surface area contributed by atoms with Crippen molar-refractivity contribution in [3.63, 3.8) is 0 Å². The number of aryl methyl sites for hydroxylation is 1. The largest absolute Gasteiger partial charge is 0.495 e. The summed E-state index contributed by atoms with van der Waals surface area (Å²) < 4.78 is 7.05. The summed E-state index contributed by atoms with van der Waals surface area (Å²) in [5, 5.41) is 1.23. The fourth-order valence-corrected chi connectivity index (χ4v) is 2.00. The van der Waals surface area contributed by atoms with E-state index in [9.17, 15) is 4.79 Å². The van der Waals surface area contributed by atoms with Gasteiger partial charge in [-0.05, 0) is 12.1 Å². The number of aromatic nitrogens is 1. The third-order valence-electron chi connectivity index (χ3n) is 2.40. The first-order valence-corrected chi connectivity index (χ1v) is 4.96. The minimum atomic E-state index is 0.497. The summed E-state index contributed by atoms with van der Waals surface area (Å²) in [4.78, 5) is 13.9. The molecule has 0 atom stereocenters. The normalized spacial score (nSPS) is 10.2. The standard InChI is InChI=1S/C11H9ClN2O2/c1-14-5-8(13-6-15)10-7(12)3-4-9(16-2)11(10)14/h3-5H,1-2H3. The highest BCUT2D eigenvalue weighted by Crippen LogP contribution is 2.38. The number of methoxy groups -OCH3 is 1. The van der Waals surface area contributed by atoms with Crippen LogP contribution in [0.25, 0.3) is 10.9 Å². The van der Waals surface area contributed by atoms with Crippen LogP contribution in [-0.2, 0) is 11.8 Å². The van der Waals surface area contributed by atoms with Gasteiger partial charge >= 0.3 is 0 Å². The van der Waals surface area contributed by atoms with Crippen molar-refractivity contribution in [3.05, 3.63) is 23.4 Å². The number of benzene rings is 1. The molecule has 0 saturated heterocycles. The van der Waals surface area contributed by atoms with Gasteiger partial charge in [0.25, 0.3) is 0 Å². The number of rotatable bonds is 2. The van der Waals surface area contributed by atoms with E-state index >= 15 is 0 Å². The molecule has 16 heavy (non-hydrogen) atoms. The molecule has 0 unspecified atom stereocenters. The number of ether oxygens (including phenoxy) is 1. The van der Waals surface area contributed by atoms with Gasteiger partial charge in [0.2, 0.25) is 6.08 Å². The molecule has 1 aromatic carbocycles. The Hall–Kier alpha value is -1.77. The lowest BCUT2D eigenvalue weighted by molar-refractivity contribution is 0.418. The summed E-state index contributed by atoms with van der Waals surface area (Å²) >= 11 is 6.08. The number of aliphatic imine (C=N–C) groups is 1. The molecule has 0 bridgehead atoms. The molecule has 5 heteroatoms. The van der Waals surface area contributed by atoms with E-state index in [0.717, 1.165) is 5.52 Å². The van der Waals surface area contributed by atoms with E-state index < -0.39 is 0 Å². The molecular weight excluding hydrogens is 228 g/mol. The van der Waals surface area contributed by atoms with Crippen LogP contribution in [0.3, 0.4) is 0 Å². The average molecular weight is 237 g/mol. The van der Waals surface area contributed by atoms with Crippen molar-refractivity contribution in [1.29, 1.82) is 0 Å². The Morgan fingerprint density at radius 2 is 2.25 bits per heavy atom. The highest BCUT2D eigenvalue weighted by molar-refractivity contribution is 6.36. The zero-order chi connectivity index (χ0) is 11.7. The number of hydrogen-bond donors (Lipinski definition) is 0. The SMILES string of the molecule is COc1ccc(Cl)c2c(N=C=O)cn(C)c12. The van der Waals surface area contributed by atoms with E-state index in [2.05, 4.69) is 4.99 Å². The van der Waals surface area contributed by atoms with E-state index in [1.807, 2.05) is 11.6 Å². The van der Waals surface area contributed by atoms with Gasteiger partial charge in [-0.3, -0.25) is 0 Å². The van der Waals surface area contributed by atoms with E-state index in [4.69, 9.17) is 16.3 Å². The maximum atomic E-state index is 10.3. The van der Waals surface area contributed by atoms with Crippen molar-refractivity contribution in [1.82, 2.24) is 4.57 Å². The molecule has 0 spiro atoms. The van der Waals surface area contributed by atoms with Crippen LogP contribution in [0.15, 0.2) is 23.3 Å². The fourth-order valence-electron chi connectivity index (χ4n) is 1.75. The maximum absolute atomic E-state index is 10.3. The number of nitrogens with zero attached hydrogens (tertiary/aromatic N) is 2. The van der Waals surface area contributed by atoms with Crippen LogP contribution in [-0.4, -0.2) is 17.8 Å². The summed E-state index contributed by atoms with van der Waals surface area (Å²) in [6.45, 7) is 0. The fraction of sp³-hybridized carbons (Fsp3) is 0.182. The third-order valence-corrected chi connectivity index (χ3v) is 2.72. The second-order valence-electron chi connectivity index (χ2n) is 3.30. The van der Waals surface area contributed by atoms with Crippen LogP contribution < -0.4 is 4.74 Å². The van der Waals surface area contributed by atoms with Crippen LogP contribution in [0.1, 0.15) is 0 Å². The van der Waals surface area contributed by atoms with Crippen LogP contribution in [0.5, 0.6) is 5.75 Å². The van der Waals surface area contributed by atoms with Gasteiger partial charge in [0.15, 0.2) is 0 Å². The Morgan fingerprint density at radius 3 is 2.88 bits per heavy atom. The quantitative estimate of drug-likeness (QED) is 0.594. The molecule has 4 nitrogen and oxygen atoms in total. The van der Waals surface area contributed by atoms with Gasteiger partial charge in [0, 0.05) is 18.6 Å². The summed E-state index contributed by atoms with van der Waals surface area (Å²) in [5.41, 5.74) is 1.31. The number of fused-ring (bicyclic) bond motifs is 1. The molecule has 1 heterocycles. The molecule has 0 aliphatic heterocycles. The van der Waals surface area contributed by atoms with Crippen molar-refractivity contribution in [2.24, 2.45) is 12.0 Å². The van der Waals surface area contributed by atoms with Gasteiger partial charge < -0.3 is 9.30 Å². The monoisotopic (exact) mass is 236 g/mol. The first-order valence-electron chi connectivity index (χ1n) is 4.58. The van der Waals surface area contributed by atoms with Crippen molar-refractivity contribution in [3.8, 4) is 5.75 Å². The van der Waals surface area contributed by atoms with E-state index in [1.54, 1.807) is 25.4 Å². The van der Waals surface area contributed by atoms with Gasteiger partial charge in [-0.1, -0.05) is 11.6 Å². The van der Waals surface area contributed by atoms with Crippen LogP contribution in [0.4, 0.5) is 5.69 Å². The lowest BCUT2D eigenvalue weighted by atomic mass is 10.2. The first-order chi connectivity index (χ1) is 7.69. The Kier molecular flexibility index (Phi) is 2.69. The minimum absolute atomic E-state index is 0.497. The van der Waals surface area contributed by atoms with Crippen molar-refractivity contribution < 1.29 is 9.53 Å². The molecule has 0 aliphatic rings. The smallest absolute Gasteiger partial charge is 0.240 e. The van der Waals surface area contributed by atoms with Crippen molar-refractivity contribution >= 4 is 34.3 Å². The molecular formula is C11H9ClN2O2. The molecule has 0 amide bonds.